The zero-order valence-corrected chi connectivity index (χ0v) is 10.1. The van der Waals surface area contributed by atoms with Gasteiger partial charge in [0, 0.05) is 18.5 Å². The van der Waals surface area contributed by atoms with Crippen LogP contribution in [0.4, 0.5) is 0 Å². The molecule has 0 saturated carbocycles. The quantitative estimate of drug-likeness (QED) is 0.705. The van der Waals surface area contributed by atoms with Crippen LogP contribution in [0.5, 0.6) is 0 Å². The Hall–Kier alpha value is 0.200. The first-order chi connectivity index (χ1) is 6.61. The zero-order chi connectivity index (χ0) is 10.6. The molecular weight excluding hydrogens is 222 g/mol. The van der Waals surface area contributed by atoms with Crippen LogP contribution >= 0.6 is 11.6 Å². The maximum absolute atomic E-state index is 11.7. The summed E-state index contributed by atoms with van der Waals surface area (Å²) in [5, 5.41) is 0. The first-order valence-electron chi connectivity index (χ1n) is 5.17. The van der Waals surface area contributed by atoms with Crippen molar-refractivity contribution in [2.45, 2.75) is 38.6 Å². The van der Waals surface area contributed by atoms with Gasteiger partial charge >= 0.3 is 0 Å². The third-order valence-electron chi connectivity index (χ3n) is 2.72. The van der Waals surface area contributed by atoms with Crippen LogP contribution < -0.4 is 0 Å². The Labute approximate surface area is 91.5 Å². The molecule has 14 heavy (non-hydrogen) atoms. The molecule has 0 aromatic carbocycles. The SMILES string of the molecule is CCS(=O)(=O)N1CCCCCC1CCl. The lowest BCUT2D eigenvalue weighted by Crippen LogP contribution is -2.41. The molecule has 1 aliphatic rings. The van der Waals surface area contributed by atoms with Crippen LogP contribution in [-0.4, -0.2) is 36.9 Å². The smallest absolute Gasteiger partial charge is 0.212 e. The highest BCUT2D eigenvalue weighted by atomic mass is 35.5. The van der Waals surface area contributed by atoms with Crippen LogP contribution in [-0.2, 0) is 10.0 Å². The molecule has 0 aliphatic carbocycles. The summed E-state index contributed by atoms with van der Waals surface area (Å²) in [6.07, 6.45) is 4.07. The van der Waals surface area contributed by atoms with Crippen LogP contribution in [0.1, 0.15) is 32.6 Å². The van der Waals surface area contributed by atoms with Crippen LogP contribution in [0.3, 0.4) is 0 Å². The molecule has 0 bridgehead atoms. The minimum absolute atomic E-state index is 0.0177. The van der Waals surface area contributed by atoms with Gasteiger partial charge in [-0.15, -0.1) is 11.6 Å². The van der Waals surface area contributed by atoms with Gasteiger partial charge < -0.3 is 0 Å². The van der Waals surface area contributed by atoms with E-state index in [1.165, 1.54) is 0 Å². The maximum Gasteiger partial charge on any atom is 0.214 e. The number of hydrogen-bond acceptors (Lipinski definition) is 2. The number of sulfonamides is 1. The third kappa shape index (κ3) is 2.84. The van der Waals surface area contributed by atoms with E-state index in [4.69, 9.17) is 11.6 Å². The lowest BCUT2D eigenvalue weighted by Gasteiger charge is -2.26. The molecule has 1 fully saturated rings. The van der Waals surface area contributed by atoms with Crippen molar-refractivity contribution in [1.29, 1.82) is 0 Å². The van der Waals surface area contributed by atoms with E-state index in [1.54, 1.807) is 11.2 Å². The van der Waals surface area contributed by atoms with Crippen molar-refractivity contribution in [2.75, 3.05) is 18.2 Å². The number of nitrogens with zero attached hydrogens (tertiary/aromatic N) is 1. The normalized spacial score (nSPS) is 26.0. The largest absolute Gasteiger partial charge is 0.214 e. The highest BCUT2D eigenvalue weighted by molar-refractivity contribution is 7.89. The van der Waals surface area contributed by atoms with Crippen molar-refractivity contribution in [3.63, 3.8) is 0 Å². The lowest BCUT2D eigenvalue weighted by atomic mass is 10.1. The molecule has 0 aromatic heterocycles. The summed E-state index contributed by atoms with van der Waals surface area (Å²) in [5.41, 5.74) is 0. The Morgan fingerprint density at radius 1 is 1.36 bits per heavy atom. The van der Waals surface area contributed by atoms with E-state index < -0.39 is 10.0 Å². The summed E-state index contributed by atoms with van der Waals surface area (Å²) < 4.78 is 25.1. The fourth-order valence-electron chi connectivity index (χ4n) is 1.84. The van der Waals surface area contributed by atoms with Gasteiger partial charge in [-0.2, -0.15) is 4.31 Å². The minimum Gasteiger partial charge on any atom is -0.212 e. The van der Waals surface area contributed by atoms with Gasteiger partial charge in [-0.25, -0.2) is 8.42 Å². The summed E-state index contributed by atoms with van der Waals surface area (Å²) in [5.74, 6) is 0.597. The second kappa shape index (κ2) is 5.33. The van der Waals surface area contributed by atoms with Gasteiger partial charge in [-0.1, -0.05) is 12.8 Å². The Bertz CT molecular complexity index is 266. The summed E-state index contributed by atoms with van der Waals surface area (Å²) in [6.45, 7) is 2.33. The Morgan fingerprint density at radius 2 is 2.07 bits per heavy atom. The van der Waals surface area contributed by atoms with Crippen molar-refractivity contribution in [3.05, 3.63) is 0 Å². The van der Waals surface area contributed by atoms with Crippen molar-refractivity contribution < 1.29 is 8.42 Å². The average molecular weight is 240 g/mol. The standard InChI is InChI=1S/C9H18ClNO2S/c1-2-14(12,13)11-7-5-3-4-6-9(11)8-10/h9H,2-8H2,1H3. The highest BCUT2D eigenvalue weighted by Gasteiger charge is 2.28. The van der Waals surface area contributed by atoms with Crippen LogP contribution in [0, 0.1) is 0 Å². The predicted molar refractivity (Wildman–Crippen MR) is 59.1 cm³/mol. The molecular formula is C9H18ClNO2S. The third-order valence-corrected chi connectivity index (χ3v) is 5.00. The maximum atomic E-state index is 11.7. The molecule has 1 aliphatic heterocycles. The van der Waals surface area contributed by atoms with E-state index in [1.807, 2.05) is 0 Å². The van der Waals surface area contributed by atoms with Crippen LogP contribution in [0.25, 0.3) is 0 Å². The van der Waals surface area contributed by atoms with Crippen molar-refractivity contribution in [3.8, 4) is 0 Å². The van der Waals surface area contributed by atoms with E-state index in [9.17, 15) is 8.42 Å². The fraction of sp³-hybridized carbons (Fsp3) is 1.00. The second-order valence-electron chi connectivity index (χ2n) is 3.67. The number of alkyl halides is 1. The van der Waals surface area contributed by atoms with Crippen molar-refractivity contribution in [2.24, 2.45) is 0 Å². The van der Waals surface area contributed by atoms with Gasteiger partial charge in [0.25, 0.3) is 0 Å². The molecule has 1 atom stereocenters. The summed E-state index contributed by atoms with van der Waals surface area (Å²) in [6, 6.07) is 0.0177. The molecule has 84 valence electrons. The van der Waals surface area contributed by atoms with E-state index in [2.05, 4.69) is 0 Å². The predicted octanol–water partition coefficient (Wildman–Crippen LogP) is 1.82. The van der Waals surface area contributed by atoms with Crippen molar-refractivity contribution in [1.82, 2.24) is 4.31 Å². The summed E-state index contributed by atoms with van der Waals surface area (Å²) in [4.78, 5) is 0. The molecule has 1 saturated heterocycles. The number of rotatable bonds is 3. The molecule has 0 amide bonds. The van der Waals surface area contributed by atoms with Gasteiger partial charge in [0.15, 0.2) is 0 Å². The molecule has 5 heteroatoms. The van der Waals surface area contributed by atoms with E-state index in [0.29, 0.717) is 12.4 Å². The van der Waals surface area contributed by atoms with E-state index in [-0.39, 0.29) is 11.8 Å². The first-order valence-corrected chi connectivity index (χ1v) is 7.31. The number of hydrogen-bond donors (Lipinski definition) is 0. The Kier molecular flexibility index (Phi) is 4.67. The molecule has 3 nitrogen and oxygen atoms in total. The minimum atomic E-state index is -3.06. The number of halogens is 1. The van der Waals surface area contributed by atoms with Gasteiger partial charge in [-0.3, -0.25) is 0 Å². The second-order valence-corrected chi connectivity index (χ2v) is 6.19. The van der Waals surface area contributed by atoms with Gasteiger partial charge in [0.2, 0.25) is 10.0 Å². The lowest BCUT2D eigenvalue weighted by molar-refractivity contribution is 0.345. The molecule has 0 N–H and O–H groups in total. The summed E-state index contributed by atoms with van der Waals surface area (Å²) in [7, 11) is -3.06. The van der Waals surface area contributed by atoms with Crippen molar-refractivity contribution >= 4 is 21.6 Å². The molecule has 1 rings (SSSR count). The molecule has 0 aromatic rings. The van der Waals surface area contributed by atoms with Gasteiger partial charge in [0.05, 0.1) is 5.75 Å². The highest BCUT2D eigenvalue weighted by Crippen LogP contribution is 2.21. The zero-order valence-electron chi connectivity index (χ0n) is 8.58. The Morgan fingerprint density at radius 3 is 2.64 bits per heavy atom. The molecule has 0 radical (unpaired) electrons. The Balaban J connectivity index is 2.80. The molecule has 1 heterocycles. The summed E-state index contributed by atoms with van der Waals surface area (Å²) >= 11 is 5.80. The van der Waals surface area contributed by atoms with Gasteiger partial charge in [-0.05, 0) is 19.8 Å². The van der Waals surface area contributed by atoms with E-state index in [0.717, 1.165) is 25.7 Å². The molecule has 0 spiro atoms. The van der Waals surface area contributed by atoms with E-state index >= 15 is 0 Å². The molecule has 1 unspecified atom stereocenters. The topological polar surface area (TPSA) is 37.4 Å². The van der Waals surface area contributed by atoms with Crippen LogP contribution in [0.2, 0.25) is 0 Å². The van der Waals surface area contributed by atoms with Crippen LogP contribution in [0.15, 0.2) is 0 Å². The average Bonchev–Trinajstić information content (AvgIpc) is 2.42. The monoisotopic (exact) mass is 239 g/mol. The fourth-order valence-corrected chi connectivity index (χ4v) is 3.61. The first kappa shape index (κ1) is 12.3. The van der Waals surface area contributed by atoms with Gasteiger partial charge in [0.1, 0.15) is 0 Å².